The van der Waals surface area contributed by atoms with Crippen LogP contribution in [0.1, 0.15) is 0 Å². The number of nitrogens with zero attached hydrogens (tertiary/aromatic N) is 1. The molecule has 0 saturated heterocycles. The van der Waals surface area contributed by atoms with E-state index >= 15 is 0 Å². The Balaban J connectivity index is 3.68. The van der Waals surface area contributed by atoms with Crippen molar-refractivity contribution >= 4 is 10.9 Å². The van der Waals surface area contributed by atoms with Crippen LogP contribution in [0.3, 0.4) is 0 Å². The van der Waals surface area contributed by atoms with E-state index < -0.39 is 30.9 Å². The molecule has 0 rings (SSSR count). The average molecular weight is 159 g/mol. The lowest BCUT2D eigenvalue weighted by atomic mass is 10.7. The van der Waals surface area contributed by atoms with Crippen LogP contribution >= 0.6 is 0 Å². The van der Waals surface area contributed by atoms with Gasteiger partial charge in [0.15, 0.2) is 6.80 Å². The molecule has 0 bridgehead atoms. The van der Waals surface area contributed by atoms with Gasteiger partial charge in [0.2, 0.25) is 10.9 Å². The van der Waals surface area contributed by atoms with Gasteiger partial charge in [-0.25, -0.2) is 17.2 Å². The zero-order chi connectivity index (χ0) is 7.28. The first-order valence-electron chi connectivity index (χ1n) is 2.23. The van der Waals surface area contributed by atoms with Crippen molar-refractivity contribution in [2.24, 2.45) is 0 Å². The molecular formula is C3H7F2NO2S. The molecule has 0 aliphatic carbocycles. The number of rotatable bonds is 4. The molecule has 0 amide bonds. The third-order valence-electron chi connectivity index (χ3n) is 0.712. The molecule has 9 heavy (non-hydrogen) atoms. The van der Waals surface area contributed by atoms with Gasteiger partial charge in [-0.3, -0.25) is 0 Å². The molecule has 0 spiro atoms. The summed E-state index contributed by atoms with van der Waals surface area (Å²) in [6.45, 7) is -2.40. The van der Waals surface area contributed by atoms with Crippen molar-refractivity contribution in [3.63, 3.8) is 0 Å². The normalized spacial score (nSPS) is 11.1. The topological polar surface area (TPSA) is 37.4 Å². The lowest BCUT2D eigenvalue weighted by Crippen LogP contribution is -2.22. The number of hydrogen-bond acceptors (Lipinski definition) is 2. The van der Waals surface area contributed by atoms with Gasteiger partial charge in [0, 0.05) is 6.54 Å². The SMILES string of the molecule is O=[SH](=O)N(CF)CCF. The van der Waals surface area contributed by atoms with Crippen molar-refractivity contribution in [1.82, 2.24) is 4.31 Å². The van der Waals surface area contributed by atoms with Crippen molar-refractivity contribution in [2.45, 2.75) is 0 Å². The number of thiol groups is 1. The van der Waals surface area contributed by atoms with Gasteiger partial charge in [0.1, 0.15) is 6.67 Å². The van der Waals surface area contributed by atoms with Crippen LogP contribution in [0.4, 0.5) is 8.78 Å². The van der Waals surface area contributed by atoms with Crippen LogP contribution in [0.2, 0.25) is 0 Å². The van der Waals surface area contributed by atoms with Gasteiger partial charge >= 0.3 is 0 Å². The third kappa shape index (κ3) is 3.36. The molecule has 0 saturated carbocycles. The van der Waals surface area contributed by atoms with Crippen LogP contribution in [0.25, 0.3) is 0 Å². The van der Waals surface area contributed by atoms with Crippen molar-refractivity contribution in [3.05, 3.63) is 0 Å². The van der Waals surface area contributed by atoms with Crippen LogP contribution < -0.4 is 0 Å². The molecule has 0 aliphatic heterocycles. The van der Waals surface area contributed by atoms with E-state index in [0.29, 0.717) is 4.31 Å². The lowest BCUT2D eigenvalue weighted by molar-refractivity contribution is 0.275. The molecule has 0 radical (unpaired) electrons. The first kappa shape index (κ1) is 8.77. The average Bonchev–Trinajstić information content (AvgIpc) is 1.82. The summed E-state index contributed by atoms with van der Waals surface area (Å²) in [6, 6.07) is 0. The Hall–Kier alpha value is -0.230. The summed E-state index contributed by atoms with van der Waals surface area (Å²) < 4.78 is 42.9. The Morgan fingerprint density at radius 1 is 1.33 bits per heavy atom. The molecule has 56 valence electrons. The Bertz CT molecular complexity index is 130. The highest BCUT2D eigenvalue weighted by Crippen LogP contribution is 1.87. The van der Waals surface area contributed by atoms with Gasteiger partial charge in [0.05, 0.1) is 0 Å². The summed E-state index contributed by atoms with van der Waals surface area (Å²) in [5, 5.41) is 0. The van der Waals surface area contributed by atoms with Crippen molar-refractivity contribution < 1.29 is 17.2 Å². The zero-order valence-corrected chi connectivity index (χ0v) is 5.48. The molecular weight excluding hydrogens is 152 g/mol. The van der Waals surface area contributed by atoms with Gasteiger partial charge < -0.3 is 0 Å². The van der Waals surface area contributed by atoms with Gasteiger partial charge in [0.25, 0.3) is 0 Å². The fraction of sp³-hybridized carbons (Fsp3) is 1.00. The standard InChI is InChI=1S/C3H7F2NO2S/c4-1-2-6(3-5)9(7)8/h9H,1-3H2. The quantitative estimate of drug-likeness (QED) is 0.452. The molecule has 0 aromatic rings. The van der Waals surface area contributed by atoms with Crippen molar-refractivity contribution in [2.75, 3.05) is 20.0 Å². The molecule has 0 aliphatic rings. The summed E-state index contributed by atoms with van der Waals surface area (Å²) >= 11 is 0. The minimum atomic E-state index is -2.95. The summed E-state index contributed by atoms with van der Waals surface area (Å²) in [4.78, 5) is 0. The Morgan fingerprint density at radius 3 is 2.00 bits per heavy atom. The molecule has 0 heterocycles. The molecule has 0 aromatic heterocycles. The molecule has 0 fully saturated rings. The summed E-state index contributed by atoms with van der Waals surface area (Å²) in [5.74, 6) is 0. The highest BCUT2D eigenvalue weighted by Gasteiger charge is 2.03. The van der Waals surface area contributed by atoms with Gasteiger partial charge in [-0.1, -0.05) is 0 Å². The lowest BCUT2D eigenvalue weighted by Gasteiger charge is -2.05. The fourth-order valence-electron chi connectivity index (χ4n) is 0.283. The zero-order valence-electron chi connectivity index (χ0n) is 4.59. The van der Waals surface area contributed by atoms with E-state index in [1.807, 2.05) is 0 Å². The van der Waals surface area contributed by atoms with Crippen LogP contribution in [0, 0.1) is 0 Å². The maximum Gasteiger partial charge on any atom is 0.206 e. The highest BCUT2D eigenvalue weighted by molar-refractivity contribution is 7.69. The largest absolute Gasteiger partial charge is 0.250 e. The molecule has 6 heteroatoms. The van der Waals surface area contributed by atoms with E-state index in [1.54, 1.807) is 0 Å². The first-order valence-corrected chi connectivity index (χ1v) is 3.36. The van der Waals surface area contributed by atoms with Gasteiger partial charge in [-0.15, -0.1) is 0 Å². The maximum atomic E-state index is 11.5. The third-order valence-corrected chi connectivity index (χ3v) is 1.48. The second-order valence-electron chi connectivity index (χ2n) is 1.28. The minimum absolute atomic E-state index is 0.384. The van der Waals surface area contributed by atoms with Crippen LogP contribution in [-0.2, 0) is 10.9 Å². The number of hydrogen-bond donors (Lipinski definition) is 1. The highest BCUT2D eigenvalue weighted by atomic mass is 32.2. The maximum absolute atomic E-state index is 11.5. The number of halogens is 2. The first-order chi connectivity index (χ1) is 4.22. The van der Waals surface area contributed by atoms with E-state index in [0.717, 1.165) is 0 Å². The van der Waals surface area contributed by atoms with Crippen LogP contribution in [-0.4, -0.2) is 32.7 Å². The summed E-state index contributed by atoms with van der Waals surface area (Å²) in [7, 11) is -2.95. The van der Waals surface area contributed by atoms with E-state index in [4.69, 9.17) is 0 Å². The predicted octanol–water partition coefficient (Wildman–Crippen LogP) is -0.289. The molecule has 0 atom stereocenters. The monoisotopic (exact) mass is 159 g/mol. The van der Waals surface area contributed by atoms with Gasteiger partial charge in [-0.2, -0.15) is 4.31 Å². The predicted molar refractivity (Wildman–Crippen MR) is 29.0 cm³/mol. The van der Waals surface area contributed by atoms with E-state index in [2.05, 4.69) is 0 Å². The number of alkyl halides is 2. The Kier molecular flexibility index (Phi) is 4.51. The van der Waals surface area contributed by atoms with Crippen molar-refractivity contribution in [3.8, 4) is 0 Å². The smallest absolute Gasteiger partial charge is 0.206 e. The summed E-state index contributed by atoms with van der Waals surface area (Å²) in [5.41, 5.74) is 0. The fourth-order valence-corrected chi connectivity index (χ4v) is 0.609. The van der Waals surface area contributed by atoms with E-state index in [-0.39, 0.29) is 0 Å². The Labute approximate surface area is 53.4 Å². The molecule has 0 N–H and O–H groups in total. The second-order valence-corrected chi connectivity index (χ2v) is 2.32. The minimum Gasteiger partial charge on any atom is -0.250 e. The van der Waals surface area contributed by atoms with Crippen LogP contribution in [0.15, 0.2) is 0 Å². The molecule has 0 unspecified atom stereocenters. The summed E-state index contributed by atoms with van der Waals surface area (Å²) in [6.07, 6.45) is 0. The van der Waals surface area contributed by atoms with E-state index in [9.17, 15) is 17.2 Å². The molecule has 0 aromatic carbocycles. The van der Waals surface area contributed by atoms with Gasteiger partial charge in [-0.05, 0) is 0 Å². The molecule has 3 nitrogen and oxygen atoms in total. The second kappa shape index (κ2) is 4.63. The van der Waals surface area contributed by atoms with E-state index in [1.165, 1.54) is 0 Å². The van der Waals surface area contributed by atoms with Crippen LogP contribution in [0.5, 0.6) is 0 Å². The van der Waals surface area contributed by atoms with Crippen molar-refractivity contribution in [1.29, 1.82) is 0 Å². The Morgan fingerprint density at radius 2 is 1.89 bits per heavy atom.